The summed E-state index contributed by atoms with van der Waals surface area (Å²) in [5, 5.41) is 8.27. The molecular formula is C39H41FN4O7. The third kappa shape index (κ3) is 10.1. The van der Waals surface area contributed by atoms with E-state index in [-0.39, 0.29) is 54.9 Å². The number of hydrogen-bond acceptors (Lipinski definition) is 7. The van der Waals surface area contributed by atoms with Crippen molar-refractivity contribution in [1.29, 1.82) is 0 Å². The van der Waals surface area contributed by atoms with Crippen LogP contribution in [0, 0.1) is 5.82 Å². The molecule has 3 atom stereocenters. The number of carbonyl (C=O) groups is 4. The fourth-order valence-electron chi connectivity index (χ4n) is 5.53. The van der Waals surface area contributed by atoms with Gasteiger partial charge in [0, 0.05) is 13.0 Å². The highest BCUT2D eigenvalue weighted by Crippen LogP contribution is 2.34. The number of amides is 4. The fourth-order valence-corrected chi connectivity index (χ4v) is 5.53. The van der Waals surface area contributed by atoms with E-state index >= 15 is 0 Å². The lowest BCUT2D eigenvalue weighted by Gasteiger charge is -2.28. The number of para-hydroxylation sites is 3. The monoisotopic (exact) mass is 696 g/mol. The van der Waals surface area contributed by atoms with Gasteiger partial charge in [-0.3, -0.25) is 19.2 Å². The standard InChI is InChI=1S/C39H41FN4O7/c1-3-44-21-22-49-33-19-11-10-17-29(33)37(46)43-31(24-35(45)42-32(39(44)48)23-27-13-6-4-7-14-27)38(47)41-26(2)25-50-34-20-12-18-30(40)36(34)51-28-15-8-5-9-16-28/h4-20,26,31-32H,3,21-25H2,1-2H3,(H,41,47)(H,42,45)(H,43,46)/t26-,31+,32+/m1/s1. The van der Waals surface area contributed by atoms with Gasteiger partial charge in [0.2, 0.25) is 23.5 Å². The SMILES string of the molecule is CCN1CCOc2ccccc2C(=O)N[C@H](C(=O)N[C@H](C)COc2cccc(F)c2Oc2ccccc2)CC(=O)N[C@@H](Cc2ccccc2)C1=O. The minimum Gasteiger partial charge on any atom is -0.491 e. The summed E-state index contributed by atoms with van der Waals surface area (Å²) in [4.78, 5) is 56.2. The van der Waals surface area contributed by atoms with Crippen LogP contribution in [0.4, 0.5) is 4.39 Å². The number of rotatable bonds is 10. The highest BCUT2D eigenvalue weighted by molar-refractivity contribution is 6.01. The molecule has 11 nitrogen and oxygen atoms in total. The number of benzene rings is 4. The third-order valence-corrected chi connectivity index (χ3v) is 8.14. The topological polar surface area (TPSA) is 135 Å². The molecule has 0 radical (unpaired) electrons. The Balaban J connectivity index is 1.34. The maximum absolute atomic E-state index is 14.8. The first-order valence-corrected chi connectivity index (χ1v) is 16.8. The summed E-state index contributed by atoms with van der Waals surface area (Å²) in [5.41, 5.74) is 1.00. The van der Waals surface area contributed by atoms with E-state index in [1.165, 1.54) is 12.1 Å². The Morgan fingerprint density at radius 2 is 1.65 bits per heavy atom. The molecule has 12 heteroatoms. The second kappa shape index (κ2) is 17.7. The van der Waals surface area contributed by atoms with Gasteiger partial charge in [-0.25, -0.2) is 4.39 Å². The van der Waals surface area contributed by atoms with Gasteiger partial charge in [-0.15, -0.1) is 0 Å². The predicted octanol–water partition coefficient (Wildman–Crippen LogP) is 4.66. The maximum atomic E-state index is 14.8. The molecule has 1 aliphatic heterocycles. The molecule has 4 aromatic carbocycles. The van der Waals surface area contributed by atoms with Gasteiger partial charge in [-0.05, 0) is 55.8 Å². The van der Waals surface area contributed by atoms with Crippen LogP contribution < -0.4 is 30.2 Å². The molecule has 3 N–H and O–H groups in total. The summed E-state index contributed by atoms with van der Waals surface area (Å²) < 4.78 is 32.3. The normalized spacial score (nSPS) is 17.5. The second-order valence-electron chi connectivity index (χ2n) is 12.0. The maximum Gasteiger partial charge on any atom is 0.255 e. The van der Waals surface area contributed by atoms with Gasteiger partial charge in [0.25, 0.3) is 5.91 Å². The highest BCUT2D eigenvalue weighted by Gasteiger charge is 2.31. The summed E-state index contributed by atoms with van der Waals surface area (Å²) in [6, 6.07) is 25.9. The van der Waals surface area contributed by atoms with Crippen LogP contribution in [-0.2, 0) is 20.8 Å². The Labute approximate surface area is 296 Å². The Morgan fingerprint density at radius 1 is 0.941 bits per heavy atom. The second-order valence-corrected chi connectivity index (χ2v) is 12.0. The molecule has 0 fully saturated rings. The lowest BCUT2D eigenvalue weighted by molar-refractivity contribution is -0.137. The first-order chi connectivity index (χ1) is 24.7. The predicted molar refractivity (Wildman–Crippen MR) is 188 cm³/mol. The van der Waals surface area contributed by atoms with Crippen molar-refractivity contribution < 1.29 is 37.8 Å². The van der Waals surface area contributed by atoms with Crippen molar-refractivity contribution in [3.63, 3.8) is 0 Å². The average molecular weight is 697 g/mol. The van der Waals surface area contributed by atoms with Gasteiger partial charge >= 0.3 is 0 Å². The molecule has 0 bridgehead atoms. The van der Waals surface area contributed by atoms with E-state index in [1.807, 2.05) is 43.3 Å². The van der Waals surface area contributed by atoms with Crippen molar-refractivity contribution in [3.8, 4) is 23.0 Å². The van der Waals surface area contributed by atoms with Gasteiger partial charge in [0.05, 0.1) is 24.6 Å². The van der Waals surface area contributed by atoms with E-state index in [4.69, 9.17) is 14.2 Å². The third-order valence-electron chi connectivity index (χ3n) is 8.14. The molecule has 0 aromatic heterocycles. The van der Waals surface area contributed by atoms with Crippen LogP contribution in [0.15, 0.2) is 103 Å². The molecule has 1 aliphatic rings. The van der Waals surface area contributed by atoms with Crippen LogP contribution in [0.5, 0.6) is 23.0 Å². The Bertz CT molecular complexity index is 1810. The first-order valence-electron chi connectivity index (χ1n) is 16.8. The van der Waals surface area contributed by atoms with Crippen LogP contribution in [-0.4, -0.2) is 73.0 Å². The number of halogens is 1. The van der Waals surface area contributed by atoms with Crippen LogP contribution in [0.2, 0.25) is 0 Å². The summed E-state index contributed by atoms with van der Waals surface area (Å²) in [7, 11) is 0. The minimum atomic E-state index is -1.34. The zero-order valence-electron chi connectivity index (χ0n) is 28.5. The number of carbonyl (C=O) groups excluding carboxylic acids is 4. The van der Waals surface area contributed by atoms with Crippen molar-refractivity contribution in [3.05, 3.63) is 120 Å². The summed E-state index contributed by atoms with van der Waals surface area (Å²) in [6.45, 7) is 4.10. The molecule has 0 aliphatic carbocycles. The van der Waals surface area contributed by atoms with Gasteiger partial charge in [-0.1, -0.05) is 66.7 Å². The number of likely N-dealkylation sites (N-methyl/N-ethyl adjacent to an activating group) is 1. The van der Waals surface area contributed by atoms with E-state index < -0.39 is 48.1 Å². The van der Waals surface area contributed by atoms with Crippen LogP contribution in [0.1, 0.15) is 36.2 Å². The molecule has 0 saturated carbocycles. The Morgan fingerprint density at radius 3 is 2.39 bits per heavy atom. The molecule has 1 heterocycles. The summed E-state index contributed by atoms with van der Waals surface area (Å²) in [6.07, 6.45) is -0.239. The van der Waals surface area contributed by atoms with Crippen molar-refractivity contribution >= 4 is 23.6 Å². The van der Waals surface area contributed by atoms with E-state index in [1.54, 1.807) is 66.4 Å². The highest BCUT2D eigenvalue weighted by atomic mass is 19.1. The number of nitrogens with one attached hydrogen (secondary N) is 3. The fraction of sp³-hybridized carbons (Fsp3) is 0.282. The molecule has 51 heavy (non-hydrogen) atoms. The molecule has 4 aromatic rings. The molecule has 0 spiro atoms. The molecule has 0 unspecified atom stereocenters. The molecule has 266 valence electrons. The zero-order valence-corrected chi connectivity index (χ0v) is 28.5. The largest absolute Gasteiger partial charge is 0.491 e. The van der Waals surface area contributed by atoms with Crippen LogP contribution in [0.3, 0.4) is 0 Å². The Hall–Kier alpha value is -5.91. The Kier molecular flexibility index (Phi) is 12.6. The van der Waals surface area contributed by atoms with Crippen molar-refractivity contribution in [2.75, 3.05) is 26.3 Å². The number of fused-ring (bicyclic) bond motifs is 1. The lowest BCUT2D eigenvalue weighted by atomic mass is 10.0. The lowest BCUT2D eigenvalue weighted by Crippen LogP contribution is -2.54. The molecule has 0 saturated heterocycles. The van der Waals surface area contributed by atoms with E-state index in [0.717, 1.165) is 5.56 Å². The van der Waals surface area contributed by atoms with Gasteiger partial charge in [0.15, 0.2) is 11.6 Å². The van der Waals surface area contributed by atoms with E-state index in [9.17, 15) is 23.6 Å². The van der Waals surface area contributed by atoms with Crippen LogP contribution in [0.25, 0.3) is 0 Å². The minimum absolute atomic E-state index is 0.0929. The van der Waals surface area contributed by atoms with Crippen molar-refractivity contribution in [2.45, 2.75) is 44.8 Å². The van der Waals surface area contributed by atoms with Crippen molar-refractivity contribution in [2.24, 2.45) is 0 Å². The summed E-state index contributed by atoms with van der Waals surface area (Å²) in [5.74, 6) is -2.12. The quantitative estimate of drug-likeness (QED) is 0.220. The van der Waals surface area contributed by atoms with E-state index in [2.05, 4.69) is 16.0 Å². The number of ether oxygens (including phenoxy) is 3. The van der Waals surface area contributed by atoms with Gasteiger partial charge in [0.1, 0.15) is 36.8 Å². The first kappa shape index (κ1) is 36.4. The zero-order chi connectivity index (χ0) is 36.2. The average Bonchev–Trinajstić information content (AvgIpc) is 3.13. The molecular weight excluding hydrogens is 655 g/mol. The van der Waals surface area contributed by atoms with E-state index in [0.29, 0.717) is 12.3 Å². The van der Waals surface area contributed by atoms with Crippen LogP contribution >= 0.6 is 0 Å². The number of nitrogens with zero attached hydrogens (tertiary/aromatic N) is 1. The number of hydrogen-bond donors (Lipinski definition) is 3. The summed E-state index contributed by atoms with van der Waals surface area (Å²) >= 11 is 0. The van der Waals surface area contributed by atoms with Gasteiger partial charge < -0.3 is 35.1 Å². The smallest absolute Gasteiger partial charge is 0.255 e. The van der Waals surface area contributed by atoms with Gasteiger partial charge in [-0.2, -0.15) is 0 Å². The van der Waals surface area contributed by atoms with Crippen molar-refractivity contribution in [1.82, 2.24) is 20.9 Å². The molecule has 4 amide bonds. The molecule has 5 rings (SSSR count).